The number of nitrogens with one attached hydrogen (secondary N) is 4. The van der Waals surface area contributed by atoms with Crippen LogP contribution in [0.25, 0.3) is 11.3 Å². The number of hydrogen-bond donors (Lipinski definition) is 6. The number of carbonyl (C=O) groups is 2. The first-order chi connectivity index (χ1) is 19.0. The average Bonchev–Trinajstić information content (AvgIpc) is 2.87. The van der Waals surface area contributed by atoms with Gasteiger partial charge in [0.25, 0.3) is 11.5 Å². The molecule has 0 radical (unpaired) electrons. The highest BCUT2D eigenvalue weighted by atomic mass is 35.5. The smallest absolute Gasteiger partial charge is 0.294 e. The molecule has 1 aromatic heterocycles. The number of benzene rings is 2. The molecule has 0 bridgehead atoms. The fraction of sp³-hybridized carbons (Fsp3) is 0.321. The van der Waals surface area contributed by atoms with Gasteiger partial charge in [-0.05, 0) is 56.9 Å². The van der Waals surface area contributed by atoms with Crippen LogP contribution in [0.2, 0.25) is 5.15 Å². The van der Waals surface area contributed by atoms with E-state index in [9.17, 15) is 14.4 Å². The number of nitrogen functional groups attached to an aromatic ring is 2. The second-order valence-corrected chi connectivity index (χ2v) is 10.5. The summed E-state index contributed by atoms with van der Waals surface area (Å²) in [6.07, 6.45) is 2.93. The number of hydrogen-bond acceptors (Lipinski definition) is 7. The van der Waals surface area contributed by atoms with Gasteiger partial charge in [-0.3, -0.25) is 24.4 Å². The van der Waals surface area contributed by atoms with Gasteiger partial charge in [0.1, 0.15) is 12.4 Å². The number of amides is 2. The Hall–Kier alpha value is -4.38. The first kappa shape index (κ1) is 28.6. The molecule has 4 rings (SSSR count). The van der Waals surface area contributed by atoms with Crippen molar-refractivity contribution >= 4 is 40.8 Å². The van der Waals surface area contributed by atoms with E-state index in [1.54, 1.807) is 42.5 Å². The van der Waals surface area contributed by atoms with Crippen LogP contribution >= 0.6 is 11.6 Å². The fourth-order valence-electron chi connectivity index (χ4n) is 4.28. The molecule has 12 heteroatoms. The molecule has 0 spiro atoms. The van der Waals surface area contributed by atoms with Gasteiger partial charge in [0, 0.05) is 41.0 Å². The molecule has 3 aromatic rings. The zero-order valence-electron chi connectivity index (χ0n) is 22.4. The number of nitrogens with two attached hydrogens (primary N) is 2. The van der Waals surface area contributed by atoms with Gasteiger partial charge in [-0.2, -0.15) is 0 Å². The number of rotatable bonds is 10. The van der Waals surface area contributed by atoms with Crippen molar-refractivity contribution in [2.24, 2.45) is 5.73 Å². The summed E-state index contributed by atoms with van der Waals surface area (Å²) in [5, 5.41) is 16.2. The van der Waals surface area contributed by atoms with E-state index in [4.69, 9.17) is 28.5 Å². The highest BCUT2D eigenvalue weighted by Crippen LogP contribution is 2.30. The number of amidine groups is 1. The molecule has 40 heavy (non-hydrogen) atoms. The van der Waals surface area contributed by atoms with Crippen molar-refractivity contribution < 1.29 is 9.59 Å². The summed E-state index contributed by atoms with van der Waals surface area (Å²) < 4.78 is 1.23. The maximum atomic E-state index is 13.5. The topological polar surface area (TPSA) is 181 Å². The maximum absolute atomic E-state index is 13.5. The van der Waals surface area contributed by atoms with E-state index in [-0.39, 0.29) is 53.6 Å². The molecule has 0 aliphatic heterocycles. The second kappa shape index (κ2) is 12.2. The summed E-state index contributed by atoms with van der Waals surface area (Å²) in [6, 6.07) is 11.6. The van der Waals surface area contributed by atoms with Gasteiger partial charge in [-0.25, -0.2) is 4.98 Å². The highest BCUT2D eigenvalue weighted by molar-refractivity contribution is 6.32. The Kier molecular flexibility index (Phi) is 8.73. The Labute approximate surface area is 236 Å². The Bertz CT molecular complexity index is 1500. The van der Waals surface area contributed by atoms with Crippen LogP contribution in [0.3, 0.4) is 0 Å². The molecule has 0 atom stereocenters. The number of anilines is 2. The van der Waals surface area contributed by atoms with Crippen molar-refractivity contribution in [3.05, 3.63) is 74.7 Å². The van der Waals surface area contributed by atoms with Gasteiger partial charge >= 0.3 is 0 Å². The Balaban J connectivity index is 1.66. The predicted octanol–water partition coefficient (Wildman–Crippen LogP) is 2.85. The van der Waals surface area contributed by atoms with Gasteiger partial charge in [0.2, 0.25) is 5.91 Å². The zero-order valence-corrected chi connectivity index (χ0v) is 23.1. The van der Waals surface area contributed by atoms with E-state index in [0.717, 1.165) is 24.8 Å². The first-order valence-electron chi connectivity index (χ1n) is 13.0. The molecule has 1 aliphatic carbocycles. The summed E-state index contributed by atoms with van der Waals surface area (Å²) >= 11 is 6.61. The van der Waals surface area contributed by atoms with E-state index < -0.39 is 11.5 Å². The lowest BCUT2D eigenvalue weighted by molar-refractivity contribution is -0.121. The second-order valence-electron chi connectivity index (χ2n) is 10.1. The molecule has 1 aliphatic rings. The van der Waals surface area contributed by atoms with Crippen LogP contribution in [0.15, 0.2) is 47.3 Å². The average molecular weight is 565 g/mol. The molecule has 2 amide bonds. The van der Waals surface area contributed by atoms with Crippen LogP contribution in [-0.2, 0) is 17.9 Å². The Morgan fingerprint density at radius 2 is 1.85 bits per heavy atom. The van der Waals surface area contributed by atoms with E-state index in [0.29, 0.717) is 22.4 Å². The Morgan fingerprint density at radius 3 is 2.45 bits per heavy atom. The van der Waals surface area contributed by atoms with Crippen LogP contribution in [0.5, 0.6) is 0 Å². The van der Waals surface area contributed by atoms with Crippen molar-refractivity contribution in [1.29, 1.82) is 5.41 Å². The molecule has 2 aromatic carbocycles. The van der Waals surface area contributed by atoms with E-state index in [2.05, 4.69) is 20.9 Å². The molecular formula is C28H33ClN8O3. The third kappa shape index (κ3) is 6.78. The van der Waals surface area contributed by atoms with Gasteiger partial charge in [0.15, 0.2) is 11.0 Å². The summed E-state index contributed by atoms with van der Waals surface area (Å²) in [4.78, 5) is 43.7. The lowest BCUT2D eigenvalue weighted by Gasteiger charge is -2.26. The molecule has 1 heterocycles. The molecule has 1 fully saturated rings. The number of carbonyl (C=O) groups excluding carboxylic acids is 2. The first-order valence-corrected chi connectivity index (χ1v) is 13.4. The minimum atomic E-state index is -0.544. The van der Waals surface area contributed by atoms with Gasteiger partial charge in [-0.1, -0.05) is 35.9 Å². The van der Waals surface area contributed by atoms with Crippen molar-refractivity contribution in [2.45, 2.75) is 58.3 Å². The minimum absolute atomic E-state index is 0.00299. The SMILES string of the molecule is CC(C)Nc1nc(Cl)c(-c2cc(N)cc(C(=O)NC3CCC3)c2)n(CC(=O)NCc2ccc(C(=N)N)cc2)c1=O. The van der Waals surface area contributed by atoms with Gasteiger partial charge in [0.05, 0.1) is 5.69 Å². The molecule has 1 saturated carbocycles. The third-order valence-electron chi connectivity index (χ3n) is 6.54. The fourth-order valence-corrected chi connectivity index (χ4v) is 4.57. The number of aromatic nitrogens is 2. The van der Waals surface area contributed by atoms with Crippen LogP contribution in [0, 0.1) is 5.41 Å². The predicted molar refractivity (Wildman–Crippen MR) is 157 cm³/mol. The molecule has 11 nitrogen and oxygen atoms in total. The van der Waals surface area contributed by atoms with E-state index in [1.807, 2.05) is 13.8 Å². The standard InChI is InChI=1S/C28H33ClN8O3/c1-15(2)34-26-28(40)37(14-22(38)33-13-16-6-8-17(9-7-16)25(31)32)23(24(29)36-26)18-10-19(12-20(30)11-18)27(39)35-21-4-3-5-21/h6-12,15,21H,3-5,13-14,30H2,1-2H3,(H3,31,32)(H,33,38)(H,34,36)(H,35,39). The summed E-state index contributed by atoms with van der Waals surface area (Å²) in [6.45, 7) is 3.54. The number of nitrogens with zero attached hydrogens (tertiary/aromatic N) is 2. The maximum Gasteiger partial charge on any atom is 0.294 e. The van der Waals surface area contributed by atoms with Crippen LogP contribution < -0.4 is 33.0 Å². The normalized spacial score (nSPS) is 13.0. The lowest BCUT2D eigenvalue weighted by atomic mass is 9.93. The summed E-state index contributed by atoms with van der Waals surface area (Å²) in [7, 11) is 0. The molecule has 210 valence electrons. The summed E-state index contributed by atoms with van der Waals surface area (Å²) in [5.74, 6) is -0.761. The monoisotopic (exact) mass is 564 g/mol. The Morgan fingerprint density at radius 1 is 1.15 bits per heavy atom. The van der Waals surface area contributed by atoms with Gasteiger partial charge < -0.3 is 27.4 Å². The third-order valence-corrected chi connectivity index (χ3v) is 6.80. The summed E-state index contributed by atoms with van der Waals surface area (Å²) in [5.41, 5.74) is 13.6. The molecule has 0 unspecified atom stereocenters. The molecular weight excluding hydrogens is 532 g/mol. The minimum Gasteiger partial charge on any atom is -0.399 e. The zero-order chi connectivity index (χ0) is 29.0. The van der Waals surface area contributed by atoms with Crippen LogP contribution in [0.4, 0.5) is 11.5 Å². The van der Waals surface area contributed by atoms with Crippen molar-refractivity contribution in [1.82, 2.24) is 20.2 Å². The van der Waals surface area contributed by atoms with Crippen molar-refractivity contribution in [2.75, 3.05) is 11.1 Å². The van der Waals surface area contributed by atoms with Crippen LogP contribution in [-0.4, -0.2) is 39.3 Å². The van der Waals surface area contributed by atoms with Crippen LogP contribution in [0.1, 0.15) is 54.6 Å². The van der Waals surface area contributed by atoms with Crippen molar-refractivity contribution in [3.63, 3.8) is 0 Å². The largest absolute Gasteiger partial charge is 0.399 e. The lowest BCUT2D eigenvalue weighted by Crippen LogP contribution is -2.39. The van der Waals surface area contributed by atoms with Crippen molar-refractivity contribution in [3.8, 4) is 11.3 Å². The number of halogens is 1. The van der Waals surface area contributed by atoms with E-state index >= 15 is 0 Å². The van der Waals surface area contributed by atoms with Gasteiger partial charge in [-0.15, -0.1) is 0 Å². The molecule has 8 N–H and O–H groups in total. The quantitative estimate of drug-likeness (QED) is 0.124. The highest BCUT2D eigenvalue weighted by Gasteiger charge is 2.23. The molecule has 0 saturated heterocycles. The van der Waals surface area contributed by atoms with E-state index in [1.165, 1.54) is 4.57 Å².